The lowest BCUT2D eigenvalue weighted by molar-refractivity contribution is 0.0347. The molecule has 1 N–H and O–H groups in total. The summed E-state index contributed by atoms with van der Waals surface area (Å²) < 4.78 is 0. The van der Waals surface area contributed by atoms with Crippen LogP contribution in [0.2, 0.25) is 0 Å². The molecule has 3 atom stereocenters. The van der Waals surface area contributed by atoms with Gasteiger partial charge in [0.05, 0.1) is 6.10 Å². The van der Waals surface area contributed by atoms with Crippen molar-refractivity contribution in [3.05, 3.63) is 35.4 Å². The lowest BCUT2D eigenvalue weighted by atomic mass is 9.75. The highest BCUT2D eigenvalue weighted by atomic mass is 16.3. The van der Waals surface area contributed by atoms with E-state index in [9.17, 15) is 5.11 Å². The molecule has 114 valence electrons. The van der Waals surface area contributed by atoms with Crippen molar-refractivity contribution in [3.8, 4) is 0 Å². The van der Waals surface area contributed by atoms with Crippen LogP contribution in [-0.4, -0.2) is 29.1 Å². The lowest BCUT2D eigenvalue weighted by Crippen LogP contribution is -2.41. The van der Waals surface area contributed by atoms with Crippen molar-refractivity contribution < 1.29 is 5.11 Å². The minimum atomic E-state index is -0.251. The van der Waals surface area contributed by atoms with Crippen LogP contribution < -0.4 is 0 Å². The van der Waals surface area contributed by atoms with E-state index in [1.165, 1.54) is 56.1 Å². The third-order valence-electron chi connectivity index (χ3n) is 6.44. The molecule has 2 nitrogen and oxygen atoms in total. The van der Waals surface area contributed by atoms with Crippen LogP contribution in [0, 0.1) is 5.92 Å². The fourth-order valence-electron chi connectivity index (χ4n) is 4.84. The van der Waals surface area contributed by atoms with Crippen LogP contribution in [0.25, 0.3) is 0 Å². The van der Waals surface area contributed by atoms with Crippen LogP contribution in [0.15, 0.2) is 24.3 Å². The lowest BCUT2D eigenvalue weighted by Gasteiger charge is -2.39. The number of fused-ring (bicyclic) bond motifs is 2. The van der Waals surface area contributed by atoms with Crippen LogP contribution >= 0.6 is 0 Å². The van der Waals surface area contributed by atoms with E-state index in [1.807, 2.05) is 0 Å². The molecule has 0 spiro atoms. The van der Waals surface area contributed by atoms with Crippen LogP contribution in [0.1, 0.15) is 68.1 Å². The predicted molar refractivity (Wildman–Crippen MR) is 85.3 cm³/mol. The molecule has 0 aromatic heterocycles. The summed E-state index contributed by atoms with van der Waals surface area (Å²) in [7, 11) is 2.27. The van der Waals surface area contributed by atoms with Crippen molar-refractivity contribution in [3.63, 3.8) is 0 Å². The molecule has 1 aromatic rings. The number of aliphatic hydroxyl groups excluding tert-OH is 1. The Morgan fingerprint density at radius 3 is 2.33 bits per heavy atom. The van der Waals surface area contributed by atoms with Gasteiger partial charge >= 0.3 is 0 Å². The maximum absolute atomic E-state index is 11.0. The molecule has 3 aliphatic rings. The van der Waals surface area contributed by atoms with E-state index < -0.39 is 0 Å². The summed E-state index contributed by atoms with van der Waals surface area (Å²) in [5.41, 5.74) is 2.67. The first-order valence-electron chi connectivity index (χ1n) is 8.73. The van der Waals surface area contributed by atoms with Gasteiger partial charge in [-0.1, -0.05) is 30.7 Å². The first kappa shape index (κ1) is 13.8. The number of nitrogens with zero attached hydrogens (tertiary/aromatic N) is 1. The van der Waals surface area contributed by atoms with Gasteiger partial charge in [-0.3, -0.25) is 0 Å². The van der Waals surface area contributed by atoms with E-state index >= 15 is 0 Å². The second-order valence-corrected chi connectivity index (χ2v) is 7.48. The van der Waals surface area contributed by atoms with Gasteiger partial charge in [0.2, 0.25) is 0 Å². The molecule has 1 aliphatic carbocycles. The minimum absolute atomic E-state index is 0.251. The fourth-order valence-corrected chi connectivity index (χ4v) is 4.84. The molecule has 1 aromatic carbocycles. The third-order valence-corrected chi connectivity index (χ3v) is 6.44. The summed E-state index contributed by atoms with van der Waals surface area (Å²) in [6.45, 7) is 0. The highest BCUT2D eigenvalue weighted by Crippen LogP contribution is 2.45. The first-order chi connectivity index (χ1) is 10.2. The molecule has 1 saturated carbocycles. The van der Waals surface area contributed by atoms with Crippen molar-refractivity contribution in [1.29, 1.82) is 0 Å². The predicted octanol–water partition coefficient (Wildman–Crippen LogP) is 3.86. The Morgan fingerprint density at radius 1 is 1.05 bits per heavy atom. The summed E-state index contributed by atoms with van der Waals surface area (Å²) in [4.78, 5) is 2.56. The Hall–Kier alpha value is -0.860. The summed E-state index contributed by atoms with van der Waals surface area (Å²) >= 11 is 0. The van der Waals surface area contributed by atoms with Crippen molar-refractivity contribution in [1.82, 2.24) is 4.90 Å². The molecule has 2 heteroatoms. The number of benzene rings is 1. The summed E-state index contributed by atoms with van der Waals surface area (Å²) in [6, 6.07) is 10.1. The van der Waals surface area contributed by atoms with Crippen LogP contribution in [0.3, 0.4) is 0 Å². The standard InChI is InChI=1S/C19H27NO/c1-20-15-9-10-16(20)12-14(11-15)19(21)18-8-3-2-7-17(18)13-5-4-6-13/h2-3,7-8,13-16,19,21H,4-6,9-12H2,1H3. The molecule has 4 rings (SSSR count). The molecular weight excluding hydrogens is 258 g/mol. The zero-order valence-corrected chi connectivity index (χ0v) is 13.0. The molecule has 2 bridgehead atoms. The molecule has 2 aliphatic heterocycles. The molecule has 3 fully saturated rings. The molecular formula is C19H27NO. The second kappa shape index (κ2) is 5.40. The molecule has 0 amide bonds. The largest absolute Gasteiger partial charge is 0.388 e. The normalized spacial score (nSPS) is 34.7. The van der Waals surface area contributed by atoms with Gasteiger partial charge in [0, 0.05) is 12.1 Å². The fraction of sp³-hybridized carbons (Fsp3) is 0.684. The summed E-state index contributed by atoms with van der Waals surface area (Å²) in [5.74, 6) is 1.17. The topological polar surface area (TPSA) is 23.5 Å². The van der Waals surface area contributed by atoms with Crippen LogP contribution in [0.5, 0.6) is 0 Å². The molecule has 3 unspecified atom stereocenters. The van der Waals surface area contributed by atoms with Crippen LogP contribution in [0.4, 0.5) is 0 Å². The van der Waals surface area contributed by atoms with Gasteiger partial charge in [0.25, 0.3) is 0 Å². The number of rotatable bonds is 3. The Morgan fingerprint density at radius 2 is 1.71 bits per heavy atom. The van der Waals surface area contributed by atoms with E-state index in [1.54, 1.807) is 0 Å². The minimum Gasteiger partial charge on any atom is -0.388 e. The van der Waals surface area contributed by atoms with E-state index in [2.05, 4.69) is 36.2 Å². The average Bonchev–Trinajstić information content (AvgIpc) is 2.67. The number of aliphatic hydroxyl groups is 1. The third kappa shape index (κ3) is 2.33. The second-order valence-electron chi connectivity index (χ2n) is 7.48. The first-order valence-corrected chi connectivity index (χ1v) is 8.73. The van der Waals surface area contributed by atoms with Gasteiger partial charge in [0.1, 0.15) is 0 Å². The monoisotopic (exact) mass is 285 g/mol. The van der Waals surface area contributed by atoms with Crippen molar-refractivity contribution >= 4 is 0 Å². The van der Waals surface area contributed by atoms with E-state index in [0.717, 1.165) is 0 Å². The quantitative estimate of drug-likeness (QED) is 0.911. The van der Waals surface area contributed by atoms with Gasteiger partial charge in [0.15, 0.2) is 0 Å². The molecule has 2 heterocycles. The average molecular weight is 285 g/mol. The number of hydrogen-bond acceptors (Lipinski definition) is 2. The smallest absolute Gasteiger partial charge is 0.0822 e. The Kier molecular flexibility index (Phi) is 3.55. The molecule has 2 saturated heterocycles. The zero-order chi connectivity index (χ0) is 14.4. The van der Waals surface area contributed by atoms with Crippen LogP contribution in [-0.2, 0) is 0 Å². The molecule has 21 heavy (non-hydrogen) atoms. The van der Waals surface area contributed by atoms with E-state index in [4.69, 9.17) is 0 Å². The maximum Gasteiger partial charge on any atom is 0.0822 e. The summed E-state index contributed by atoms with van der Waals surface area (Å²) in [5, 5.41) is 11.0. The summed E-state index contributed by atoms with van der Waals surface area (Å²) in [6.07, 6.45) is 8.72. The Labute approximate surface area is 128 Å². The van der Waals surface area contributed by atoms with Gasteiger partial charge in [-0.25, -0.2) is 0 Å². The number of hydrogen-bond donors (Lipinski definition) is 1. The maximum atomic E-state index is 11.0. The van der Waals surface area contributed by atoms with Gasteiger partial charge in [-0.05, 0) is 68.5 Å². The Balaban J connectivity index is 1.56. The van der Waals surface area contributed by atoms with Gasteiger partial charge in [-0.15, -0.1) is 0 Å². The van der Waals surface area contributed by atoms with Crippen molar-refractivity contribution in [2.75, 3.05) is 7.05 Å². The van der Waals surface area contributed by atoms with E-state index in [0.29, 0.717) is 23.9 Å². The van der Waals surface area contributed by atoms with Gasteiger partial charge < -0.3 is 10.0 Å². The number of piperidine rings is 1. The highest BCUT2D eigenvalue weighted by molar-refractivity contribution is 5.34. The SMILES string of the molecule is CN1C2CCC1CC(C(O)c1ccccc1C1CCC1)C2. The van der Waals surface area contributed by atoms with Crippen molar-refractivity contribution in [2.24, 2.45) is 5.92 Å². The van der Waals surface area contributed by atoms with E-state index in [-0.39, 0.29) is 6.10 Å². The molecule has 0 radical (unpaired) electrons. The van der Waals surface area contributed by atoms with Crippen molar-refractivity contribution in [2.45, 2.75) is 69.1 Å². The van der Waals surface area contributed by atoms with Gasteiger partial charge in [-0.2, -0.15) is 0 Å². The Bertz CT molecular complexity index is 496. The zero-order valence-electron chi connectivity index (χ0n) is 13.0. The highest BCUT2D eigenvalue weighted by Gasteiger charge is 2.41.